The number of nitrogens with one attached hydrogen (secondary N) is 1. The van der Waals surface area contributed by atoms with E-state index >= 15 is 0 Å². The highest BCUT2D eigenvalue weighted by molar-refractivity contribution is 7.11. The van der Waals surface area contributed by atoms with Crippen molar-refractivity contribution in [3.63, 3.8) is 0 Å². The summed E-state index contributed by atoms with van der Waals surface area (Å²) >= 11 is 1.68. The number of hydrogen-bond acceptors (Lipinski definition) is 3. The molecule has 0 saturated heterocycles. The third-order valence-electron chi connectivity index (χ3n) is 3.86. The molecule has 0 unspecified atom stereocenters. The maximum Gasteiger partial charge on any atom is 0.317 e. The molecule has 0 saturated carbocycles. The zero-order chi connectivity index (χ0) is 16.8. The van der Waals surface area contributed by atoms with Crippen molar-refractivity contribution in [1.82, 2.24) is 15.2 Å². The molecule has 5 heteroatoms. The van der Waals surface area contributed by atoms with Gasteiger partial charge >= 0.3 is 6.03 Å². The van der Waals surface area contributed by atoms with Crippen molar-refractivity contribution in [3.8, 4) is 0 Å². The number of rotatable bonds is 6. The second-order valence-electron chi connectivity index (χ2n) is 5.61. The van der Waals surface area contributed by atoms with Crippen LogP contribution in [0.2, 0.25) is 0 Å². The van der Waals surface area contributed by atoms with Crippen LogP contribution in [0.1, 0.15) is 40.6 Å². The summed E-state index contributed by atoms with van der Waals surface area (Å²) in [4.78, 5) is 19.6. The van der Waals surface area contributed by atoms with Gasteiger partial charge in [0, 0.05) is 24.4 Å². The van der Waals surface area contributed by atoms with Gasteiger partial charge in [-0.1, -0.05) is 29.8 Å². The molecule has 0 aliphatic rings. The molecule has 4 nitrogen and oxygen atoms in total. The maximum atomic E-state index is 12.0. The highest BCUT2D eigenvalue weighted by atomic mass is 32.1. The van der Waals surface area contributed by atoms with Gasteiger partial charge in [0.1, 0.15) is 5.01 Å². The first-order chi connectivity index (χ1) is 11.0. The van der Waals surface area contributed by atoms with E-state index in [9.17, 15) is 4.79 Å². The van der Waals surface area contributed by atoms with E-state index in [4.69, 9.17) is 0 Å². The zero-order valence-electron chi connectivity index (χ0n) is 14.3. The lowest BCUT2D eigenvalue weighted by Gasteiger charge is -2.18. The standard InChI is InChI=1S/C18H25N3OS/c1-5-21(6-2)18(22)19-12-17-20-14(4)16(23-17)11-15-9-7-13(3)8-10-15/h7-10H,5-6,11-12H2,1-4H3,(H,19,22). The number of carbonyl (C=O) groups excluding carboxylic acids is 1. The maximum absolute atomic E-state index is 12.0. The van der Waals surface area contributed by atoms with Gasteiger partial charge in [0.2, 0.25) is 0 Å². The predicted octanol–water partition coefficient (Wildman–Crippen LogP) is 3.90. The van der Waals surface area contributed by atoms with Gasteiger partial charge in [0.15, 0.2) is 0 Å². The summed E-state index contributed by atoms with van der Waals surface area (Å²) < 4.78 is 0. The minimum Gasteiger partial charge on any atom is -0.331 e. The van der Waals surface area contributed by atoms with Crippen molar-refractivity contribution < 1.29 is 4.79 Å². The first-order valence-corrected chi connectivity index (χ1v) is 8.88. The molecule has 1 N–H and O–H groups in total. The second-order valence-corrected chi connectivity index (χ2v) is 6.78. The summed E-state index contributed by atoms with van der Waals surface area (Å²) in [7, 11) is 0. The van der Waals surface area contributed by atoms with Crippen LogP contribution in [0.3, 0.4) is 0 Å². The molecule has 0 radical (unpaired) electrons. The van der Waals surface area contributed by atoms with E-state index in [2.05, 4.69) is 41.5 Å². The first-order valence-electron chi connectivity index (χ1n) is 8.07. The smallest absolute Gasteiger partial charge is 0.317 e. The van der Waals surface area contributed by atoms with Gasteiger partial charge in [-0.15, -0.1) is 11.3 Å². The Morgan fingerprint density at radius 2 is 1.83 bits per heavy atom. The van der Waals surface area contributed by atoms with Crippen LogP contribution in [0.25, 0.3) is 0 Å². The van der Waals surface area contributed by atoms with Gasteiger partial charge in [0.25, 0.3) is 0 Å². The lowest BCUT2D eigenvalue weighted by molar-refractivity contribution is 0.203. The third kappa shape index (κ3) is 4.79. The molecule has 1 heterocycles. The fraction of sp³-hybridized carbons (Fsp3) is 0.444. The van der Waals surface area contributed by atoms with E-state index in [0.717, 1.165) is 30.2 Å². The number of nitrogens with zero attached hydrogens (tertiary/aromatic N) is 2. The summed E-state index contributed by atoms with van der Waals surface area (Å²) in [5.74, 6) is 0. The van der Waals surface area contributed by atoms with Gasteiger partial charge in [-0.05, 0) is 33.3 Å². The van der Waals surface area contributed by atoms with Crippen molar-refractivity contribution in [2.24, 2.45) is 0 Å². The van der Waals surface area contributed by atoms with E-state index in [0.29, 0.717) is 6.54 Å². The Morgan fingerprint density at radius 1 is 1.17 bits per heavy atom. The topological polar surface area (TPSA) is 45.2 Å². The second kappa shape index (κ2) is 8.11. The number of amides is 2. The number of urea groups is 1. The van der Waals surface area contributed by atoms with Crippen molar-refractivity contribution in [2.45, 2.75) is 40.7 Å². The summed E-state index contributed by atoms with van der Waals surface area (Å²) in [5.41, 5.74) is 3.62. The normalized spacial score (nSPS) is 10.6. The molecule has 0 atom stereocenters. The van der Waals surface area contributed by atoms with Crippen LogP contribution in [0.4, 0.5) is 4.79 Å². The first kappa shape index (κ1) is 17.5. The van der Waals surface area contributed by atoms with Crippen LogP contribution in [0, 0.1) is 13.8 Å². The molecular weight excluding hydrogens is 306 g/mol. The molecule has 1 aromatic heterocycles. The van der Waals surface area contributed by atoms with E-state index in [1.54, 1.807) is 16.2 Å². The van der Waals surface area contributed by atoms with E-state index in [1.807, 2.05) is 20.8 Å². The Balaban J connectivity index is 1.98. The molecule has 124 valence electrons. The molecule has 2 amide bonds. The number of aromatic nitrogens is 1. The van der Waals surface area contributed by atoms with Crippen LogP contribution in [-0.4, -0.2) is 29.0 Å². The predicted molar refractivity (Wildman–Crippen MR) is 96.0 cm³/mol. The minimum absolute atomic E-state index is 0.0251. The summed E-state index contributed by atoms with van der Waals surface area (Å²) in [6.45, 7) is 10.0. The lowest BCUT2D eigenvalue weighted by Crippen LogP contribution is -2.39. The average Bonchev–Trinajstić information content (AvgIpc) is 2.89. The Morgan fingerprint density at radius 3 is 2.43 bits per heavy atom. The molecule has 1 aromatic carbocycles. The van der Waals surface area contributed by atoms with Crippen LogP contribution >= 0.6 is 11.3 Å². The summed E-state index contributed by atoms with van der Waals surface area (Å²) in [5, 5.41) is 3.91. The van der Waals surface area contributed by atoms with Gasteiger partial charge in [-0.25, -0.2) is 9.78 Å². The Bertz CT molecular complexity index is 645. The van der Waals surface area contributed by atoms with Crippen LogP contribution in [0.15, 0.2) is 24.3 Å². The minimum atomic E-state index is -0.0251. The van der Waals surface area contributed by atoms with Crippen molar-refractivity contribution in [1.29, 1.82) is 0 Å². The Hall–Kier alpha value is -1.88. The van der Waals surface area contributed by atoms with Crippen molar-refractivity contribution >= 4 is 17.4 Å². The van der Waals surface area contributed by atoms with Crippen molar-refractivity contribution in [2.75, 3.05) is 13.1 Å². The monoisotopic (exact) mass is 331 g/mol. The van der Waals surface area contributed by atoms with Gasteiger partial charge < -0.3 is 10.2 Å². The summed E-state index contributed by atoms with van der Waals surface area (Å²) in [6.07, 6.45) is 0.897. The highest BCUT2D eigenvalue weighted by Gasteiger charge is 2.12. The highest BCUT2D eigenvalue weighted by Crippen LogP contribution is 2.21. The van der Waals surface area contributed by atoms with Crippen LogP contribution < -0.4 is 5.32 Å². The molecule has 23 heavy (non-hydrogen) atoms. The molecule has 2 aromatic rings. The van der Waals surface area contributed by atoms with E-state index in [-0.39, 0.29) is 6.03 Å². The Kier molecular flexibility index (Phi) is 6.16. The fourth-order valence-electron chi connectivity index (χ4n) is 2.39. The summed E-state index contributed by atoms with van der Waals surface area (Å²) in [6, 6.07) is 8.57. The quantitative estimate of drug-likeness (QED) is 0.872. The molecule has 2 rings (SSSR count). The average molecular weight is 331 g/mol. The fourth-order valence-corrected chi connectivity index (χ4v) is 3.44. The lowest BCUT2D eigenvalue weighted by atomic mass is 10.1. The molecule has 0 spiro atoms. The third-order valence-corrected chi connectivity index (χ3v) is 5.02. The largest absolute Gasteiger partial charge is 0.331 e. The molecular formula is C18H25N3OS. The number of hydrogen-bond donors (Lipinski definition) is 1. The Labute approximate surface area is 142 Å². The van der Waals surface area contributed by atoms with Gasteiger partial charge in [-0.3, -0.25) is 0 Å². The van der Waals surface area contributed by atoms with E-state index in [1.165, 1.54) is 16.0 Å². The number of aryl methyl sites for hydroxylation is 2. The number of benzene rings is 1. The van der Waals surface area contributed by atoms with Gasteiger partial charge in [-0.2, -0.15) is 0 Å². The molecule has 0 aliphatic carbocycles. The van der Waals surface area contributed by atoms with Crippen LogP contribution in [0.5, 0.6) is 0 Å². The number of carbonyl (C=O) groups is 1. The SMILES string of the molecule is CCN(CC)C(=O)NCc1nc(C)c(Cc2ccc(C)cc2)s1. The number of thiazole rings is 1. The van der Waals surface area contributed by atoms with Crippen LogP contribution in [-0.2, 0) is 13.0 Å². The van der Waals surface area contributed by atoms with E-state index < -0.39 is 0 Å². The molecule has 0 aliphatic heterocycles. The molecule has 0 fully saturated rings. The molecule has 0 bridgehead atoms. The van der Waals surface area contributed by atoms with Gasteiger partial charge in [0.05, 0.1) is 12.2 Å². The van der Waals surface area contributed by atoms with Crippen molar-refractivity contribution in [3.05, 3.63) is 51.0 Å². The zero-order valence-corrected chi connectivity index (χ0v) is 15.2.